The quantitative estimate of drug-likeness (QED) is 0.836. The number of ether oxygens (including phenoxy) is 1. The Morgan fingerprint density at radius 2 is 2.00 bits per heavy atom. The first-order valence-corrected chi connectivity index (χ1v) is 8.72. The summed E-state index contributed by atoms with van der Waals surface area (Å²) in [7, 11) is 0. The number of carbonyl (C=O) groups is 1. The SMILES string of the molecule is NC[C@H]1CC[C@@H](C(=O)NC(c2cc(F)ccc2F)c2ccccc2Cl)O1. The number of rotatable bonds is 5. The molecule has 0 bridgehead atoms. The van der Waals surface area contributed by atoms with Crippen LogP contribution in [0.4, 0.5) is 8.78 Å². The van der Waals surface area contributed by atoms with Crippen LogP contribution in [0.1, 0.15) is 30.0 Å². The van der Waals surface area contributed by atoms with Crippen molar-refractivity contribution in [2.45, 2.75) is 31.1 Å². The highest BCUT2D eigenvalue weighted by molar-refractivity contribution is 6.31. The van der Waals surface area contributed by atoms with Crippen LogP contribution in [-0.2, 0) is 9.53 Å². The van der Waals surface area contributed by atoms with Crippen molar-refractivity contribution >= 4 is 17.5 Å². The van der Waals surface area contributed by atoms with Crippen LogP contribution in [0.2, 0.25) is 5.02 Å². The van der Waals surface area contributed by atoms with Crippen molar-refractivity contribution in [1.29, 1.82) is 0 Å². The Morgan fingerprint density at radius 3 is 2.69 bits per heavy atom. The molecule has 1 heterocycles. The highest BCUT2D eigenvalue weighted by Gasteiger charge is 2.32. The molecule has 7 heteroatoms. The second-order valence-corrected chi connectivity index (χ2v) is 6.60. The molecule has 138 valence electrons. The lowest BCUT2D eigenvalue weighted by Gasteiger charge is -2.23. The molecule has 1 amide bonds. The molecule has 0 aromatic heterocycles. The molecule has 0 saturated carbocycles. The highest BCUT2D eigenvalue weighted by Crippen LogP contribution is 2.31. The summed E-state index contributed by atoms with van der Waals surface area (Å²) in [5.74, 6) is -1.65. The van der Waals surface area contributed by atoms with E-state index in [1.54, 1.807) is 24.3 Å². The maximum absolute atomic E-state index is 14.4. The largest absolute Gasteiger partial charge is 0.364 e. The minimum atomic E-state index is -0.938. The molecule has 0 spiro atoms. The molecule has 0 radical (unpaired) electrons. The Hall–Kier alpha value is -2.02. The van der Waals surface area contributed by atoms with Gasteiger partial charge in [-0.25, -0.2) is 8.78 Å². The number of nitrogens with two attached hydrogens (primary N) is 1. The molecule has 1 aliphatic heterocycles. The number of carbonyl (C=O) groups excluding carboxylic acids is 1. The third-order valence-corrected chi connectivity index (χ3v) is 4.78. The van der Waals surface area contributed by atoms with Crippen molar-refractivity contribution in [3.05, 3.63) is 70.2 Å². The van der Waals surface area contributed by atoms with E-state index >= 15 is 0 Å². The monoisotopic (exact) mass is 380 g/mol. The third-order valence-electron chi connectivity index (χ3n) is 4.43. The van der Waals surface area contributed by atoms with Crippen LogP contribution in [0.5, 0.6) is 0 Å². The molecule has 1 unspecified atom stereocenters. The van der Waals surface area contributed by atoms with E-state index in [4.69, 9.17) is 22.1 Å². The molecular weight excluding hydrogens is 362 g/mol. The van der Waals surface area contributed by atoms with E-state index < -0.39 is 29.7 Å². The molecule has 3 rings (SSSR count). The van der Waals surface area contributed by atoms with Crippen LogP contribution >= 0.6 is 11.6 Å². The summed E-state index contributed by atoms with van der Waals surface area (Å²) in [6, 6.07) is 8.90. The van der Waals surface area contributed by atoms with Crippen molar-refractivity contribution in [2.24, 2.45) is 5.73 Å². The zero-order valence-corrected chi connectivity index (χ0v) is 14.7. The molecule has 1 saturated heterocycles. The van der Waals surface area contributed by atoms with Gasteiger partial charge in [-0.1, -0.05) is 29.8 Å². The summed E-state index contributed by atoms with van der Waals surface area (Å²) in [5, 5.41) is 3.09. The van der Waals surface area contributed by atoms with Gasteiger partial charge in [0.25, 0.3) is 0 Å². The number of nitrogens with one attached hydrogen (secondary N) is 1. The van der Waals surface area contributed by atoms with Gasteiger partial charge >= 0.3 is 0 Å². The van der Waals surface area contributed by atoms with E-state index in [2.05, 4.69) is 5.32 Å². The lowest BCUT2D eigenvalue weighted by Crippen LogP contribution is -2.38. The first-order valence-electron chi connectivity index (χ1n) is 8.35. The summed E-state index contributed by atoms with van der Waals surface area (Å²) in [5.41, 5.74) is 6.04. The number of benzene rings is 2. The van der Waals surface area contributed by atoms with Crippen LogP contribution in [0, 0.1) is 11.6 Å². The second kappa shape index (κ2) is 8.12. The van der Waals surface area contributed by atoms with Gasteiger partial charge in [0, 0.05) is 17.1 Å². The summed E-state index contributed by atoms with van der Waals surface area (Å²) in [6.07, 6.45) is 0.356. The van der Waals surface area contributed by atoms with Gasteiger partial charge in [-0.3, -0.25) is 4.79 Å². The van der Waals surface area contributed by atoms with Crippen molar-refractivity contribution in [2.75, 3.05) is 6.54 Å². The van der Waals surface area contributed by atoms with Gasteiger partial charge in [0.15, 0.2) is 0 Å². The van der Waals surface area contributed by atoms with E-state index in [9.17, 15) is 13.6 Å². The van der Waals surface area contributed by atoms with Gasteiger partial charge in [-0.05, 0) is 42.7 Å². The first-order chi connectivity index (χ1) is 12.5. The fourth-order valence-electron chi connectivity index (χ4n) is 3.08. The van der Waals surface area contributed by atoms with Crippen molar-refractivity contribution in [3.8, 4) is 0 Å². The van der Waals surface area contributed by atoms with Crippen LogP contribution in [0.3, 0.4) is 0 Å². The Morgan fingerprint density at radius 1 is 1.23 bits per heavy atom. The standard InChI is InChI=1S/C19H19ClF2N2O2/c20-15-4-2-1-3-13(15)18(14-9-11(21)5-7-16(14)22)24-19(25)17-8-6-12(10-23)26-17/h1-5,7,9,12,17-18H,6,8,10,23H2,(H,24,25)/t12-,17+,18?/m1/s1. The van der Waals surface area contributed by atoms with Crippen LogP contribution < -0.4 is 11.1 Å². The predicted molar refractivity (Wildman–Crippen MR) is 94.7 cm³/mol. The van der Waals surface area contributed by atoms with Crippen LogP contribution in [0.25, 0.3) is 0 Å². The Kier molecular flexibility index (Phi) is 5.86. The topological polar surface area (TPSA) is 64.4 Å². The minimum Gasteiger partial charge on any atom is -0.364 e. The van der Waals surface area contributed by atoms with Gasteiger partial charge in [0.05, 0.1) is 12.1 Å². The third kappa shape index (κ3) is 4.03. The highest BCUT2D eigenvalue weighted by atomic mass is 35.5. The first kappa shape index (κ1) is 18.8. The van der Waals surface area contributed by atoms with E-state index in [0.29, 0.717) is 30.0 Å². The average molecular weight is 381 g/mol. The van der Waals surface area contributed by atoms with E-state index in [0.717, 1.165) is 18.2 Å². The molecule has 1 fully saturated rings. The molecule has 3 N–H and O–H groups in total. The van der Waals surface area contributed by atoms with Crippen molar-refractivity contribution in [3.63, 3.8) is 0 Å². The van der Waals surface area contributed by atoms with Crippen molar-refractivity contribution in [1.82, 2.24) is 5.32 Å². The maximum atomic E-state index is 14.4. The Labute approximate surface area is 155 Å². The lowest BCUT2D eigenvalue weighted by atomic mass is 9.97. The normalized spacial score (nSPS) is 20.8. The lowest BCUT2D eigenvalue weighted by molar-refractivity contribution is -0.132. The molecule has 2 aromatic carbocycles. The fraction of sp³-hybridized carbons (Fsp3) is 0.316. The molecule has 3 atom stereocenters. The van der Waals surface area contributed by atoms with Crippen LogP contribution in [0.15, 0.2) is 42.5 Å². The van der Waals surface area contributed by atoms with E-state index in [-0.39, 0.29) is 11.7 Å². The second-order valence-electron chi connectivity index (χ2n) is 6.19. The smallest absolute Gasteiger partial charge is 0.249 e. The van der Waals surface area contributed by atoms with Crippen LogP contribution in [-0.4, -0.2) is 24.7 Å². The minimum absolute atomic E-state index is 0.000165. The Bertz CT molecular complexity index is 803. The fourth-order valence-corrected chi connectivity index (χ4v) is 3.32. The average Bonchev–Trinajstić information content (AvgIpc) is 3.12. The number of hydrogen-bond acceptors (Lipinski definition) is 3. The zero-order valence-electron chi connectivity index (χ0n) is 13.9. The summed E-state index contributed by atoms with van der Waals surface area (Å²) >= 11 is 6.23. The van der Waals surface area contributed by atoms with Crippen molar-refractivity contribution < 1.29 is 18.3 Å². The summed E-state index contributed by atoms with van der Waals surface area (Å²) in [4.78, 5) is 12.6. The number of halogens is 3. The van der Waals surface area contributed by atoms with E-state index in [1.807, 2.05) is 0 Å². The number of amides is 1. The van der Waals surface area contributed by atoms with E-state index in [1.165, 1.54) is 0 Å². The zero-order chi connectivity index (χ0) is 18.7. The molecule has 2 aromatic rings. The Balaban J connectivity index is 1.93. The maximum Gasteiger partial charge on any atom is 0.249 e. The van der Waals surface area contributed by atoms with Gasteiger partial charge < -0.3 is 15.8 Å². The van der Waals surface area contributed by atoms with Gasteiger partial charge in [-0.15, -0.1) is 0 Å². The molecular formula is C19H19ClF2N2O2. The number of hydrogen-bond donors (Lipinski definition) is 2. The summed E-state index contributed by atoms with van der Waals surface area (Å²) < 4.78 is 33.7. The molecule has 26 heavy (non-hydrogen) atoms. The molecule has 4 nitrogen and oxygen atoms in total. The predicted octanol–water partition coefficient (Wildman–Crippen LogP) is 3.33. The molecule has 0 aliphatic carbocycles. The summed E-state index contributed by atoms with van der Waals surface area (Å²) in [6.45, 7) is 0.330. The van der Waals surface area contributed by atoms with Gasteiger partial charge in [0.2, 0.25) is 5.91 Å². The van der Waals surface area contributed by atoms with Gasteiger partial charge in [0.1, 0.15) is 17.7 Å². The van der Waals surface area contributed by atoms with Gasteiger partial charge in [-0.2, -0.15) is 0 Å². The molecule has 1 aliphatic rings.